The van der Waals surface area contributed by atoms with Gasteiger partial charge < -0.3 is 19.3 Å². The van der Waals surface area contributed by atoms with Crippen molar-refractivity contribution in [3.63, 3.8) is 0 Å². The standard InChI is InChI=1S/C35H52O8/c1-20(17-26(36)35(40)19-42-30(39)21(35)2)22-11-15-34(7)24-9-10-25-31(3,4)27(43-29(38)18-28(37)41-8)13-14-32(25,5)23(24)12-16-33(22,34)6/h20-22,25,27,40H,9-19H2,1-8H3/t20-,21?,22-,25+,27-,32-,33-,34+,35?/m1/s1. The summed E-state index contributed by atoms with van der Waals surface area (Å²) >= 11 is 0. The van der Waals surface area contributed by atoms with Crippen molar-refractivity contribution in [2.75, 3.05) is 13.7 Å². The Morgan fingerprint density at radius 3 is 2.30 bits per heavy atom. The van der Waals surface area contributed by atoms with E-state index < -0.39 is 29.4 Å². The van der Waals surface area contributed by atoms with Gasteiger partial charge in [0, 0.05) is 11.8 Å². The van der Waals surface area contributed by atoms with Crippen LogP contribution < -0.4 is 0 Å². The first-order valence-electron chi connectivity index (χ1n) is 16.4. The molecule has 0 spiro atoms. The van der Waals surface area contributed by atoms with Crippen LogP contribution in [-0.4, -0.2) is 54.2 Å². The molecule has 0 aromatic rings. The SMILES string of the molecule is COC(=O)CC(=O)O[C@@H]1CC[C@]2(C)C3=C(CC[C@H]2C1(C)C)[C@]1(C)CC[C@H]([C@H](C)CC(=O)C2(O)COC(=O)C2C)[C@@]1(C)CC3. The average molecular weight is 601 g/mol. The van der Waals surface area contributed by atoms with Crippen LogP contribution in [0.5, 0.6) is 0 Å². The van der Waals surface area contributed by atoms with Gasteiger partial charge in [0.15, 0.2) is 11.4 Å². The highest BCUT2D eigenvalue weighted by Gasteiger charge is 2.64. The van der Waals surface area contributed by atoms with Gasteiger partial charge >= 0.3 is 17.9 Å². The molecule has 1 heterocycles. The molecule has 0 amide bonds. The molecule has 2 saturated carbocycles. The van der Waals surface area contributed by atoms with E-state index >= 15 is 0 Å². The molecule has 8 nitrogen and oxygen atoms in total. The number of cyclic esters (lactones) is 1. The number of ketones is 1. The Kier molecular flexibility index (Phi) is 8.01. The second kappa shape index (κ2) is 10.7. The summed E-state index contributed by atoms with van der Waals surface area (Å²) in [6.45, 7) is 15.3. The zero-order valence-corrected chi connectivity index (χ0v) is 27.5. The zero-order valence-electron chi connectivity index (χ0n) is 27.5. The van der Waals surface area contributed by atoms with Gasteiger partial charge in [0.05, 0.1) is 13.0 Å². The van der Waals surface area contributed by atoms with Crippen molar-refractivity contribution in [1.29, 1.82) is 0 Å². The lowest BCUT2D eigenvalue weighted by Crippen LogP contribution is -2.56. The fraction of sp³-hybridized carbons (Fsp3) is 0.829. The van der Waals surface area contributed by atoms with Crippen molar-refractivity contribution < 1.29 is 38.5 Å². The lowest BCUT2D eigenvalue weighted by molar-refractivity contribution is -0.172. The van der Waals surface area contributed by atoms with E-state index in [0.29, 0.717) is 11.8 Å². The van der Waals surface area contributed by atoms with Crippen molar-refractivity contribution >= 4 is 23.7 Å². The first kappa shape index (κ1) is 32.2. The van der Waals surface area contributed by atoms with Crippen molar-refractivity contribution in [1.82, 2.24) is 0 Å². The van der Waals surface area contributed by atoms with Crippen LogP contribution in [0.1, 0.15) is 113 Å². The molecule has 1 saturated heterocycles. The maximum absolute atomic E-state index is 13.3. The van der Waals surface area contributed by atoms with Gasteiger partial charge in [0.25, 0.3) is 0 Å². The maximum Gasteiger partial charge on any atom is 0.317 e. The van der Waals surface area contributed by atoms with Gasteiger partial charge in [-0.25, -0.2) is 0 Å². The minimum Gasteiger partial charge on any atom is -0.469 e. The molecule has 43 heavy (non-hydrogen) atoms. The maximum atomic E-state index is 13.3. The lowest BCUT2D eigenvalue weighted by Gasteiger charge is -2.62. The van der Waals surface area contributed by atoms with E-state index in [1.54, 1.807) is 18.1 Å². The van der Waals surface area contributed by atoms with Crippen LogP contribution in [-0.2, 0) is 33.4 Å². The molecule has 1 aliphatic heterocycles. The number of carbonyl (C=O) groups excluding carboxylic acids is 4. The summed E-state index contributed by atoms with van der Waals surface area (Å²) in [5, 5.41) is 11.0. The molecule has 5 rings (SSSR count). The molecular formula is C35H52O8. The molecule has 0 aromatic carbocycles. The Morgan fingerprint density at radius 2 is 1.67 bits per heavy atom. The van der Waals surface area contributed by atoms with E-state index in [1.807, 2.05) is 0 Å². The Labute approximate surface area is 256 Å². The third-order valence-electron chi connectivity index (χ3n) is 13.7. The highest BCUT2D eigenvalue weighted by Crippen LogP contribution is 2.72. The summed E-state index contributed by atoms with van der Waals surface area (Å²) in [5.74, 6) is -1.88. The van der Waals surface area contributed by atoms with Crippen molar-refractivity contribution in [2.24, 2.45) is 45.3 Å². The molecule has 0 bridgehead atoms. The van der Waals surface area contributed by atoms with Crippen LogP contribution >= 0.6 is 0 Å². The summed E-state index contributed by atoms with van der Waals surface area (Å²) < 4.78 is 15.6. The van der Waals surface area contributed by atoms with Gasteiger partial charge in [-0.2, -0.15) is 0 Å². The molecule has 2 unspecified atom stereocenters. The number of Topliss-reactive ketones (excluding diaryl/α,β-unsaturated/α-hetero) is 1. The molecule has 9 atom stereocenters. The number of esters is 3. The van der Waals surface area contributed by atoms with Gasteiger partial charge in [-0.15, -0.1) is 0 Å². The van der Waals surface area contributed by atoms with Crippen molar-refractivity contribution in [3.8, 4) is 0 Å². The van der Waals surface area contributed by atoms with E-state index in [9.17, 15) is 24.3 Å². The minimum atomic E-state index is -1.72. The van der Waals surface area contributed by atoms with Crippen LogP contribution in [0.25, 0.3) is 0 Å². The summed E-state index contributed by atoms with van der Waals surface area (Å²) in [7, 11) is 1.28. The fourth-order valence-corrected chi connectivity index (χ4v) is 10.8. The number of methoxy groups -OCH3 is 1. The third kappa shape index (κ3) is 4.71. The van der Waals surface area contributed by atoms with Gasteiger partial charge in [-0.05, 0) is 92.3 Å². The molecule has 240 valence electrons. The van der Waals surface area contributed by atoms with E-state index in [0.717, 1.165) is 51.4 Å². The van der Waals surface area contributed by atoms with Gasteiger partial charge in [0.2, 0.25) is 0 Å². The third-order valence-corrected chi connectivity index (χ3v) is 13.7. The number of hydrogen-bond donors (Lipinski definition) is 1. The Balaban J connectivity index is 1.36. The normalized spacial score (nSPS) is 42.3. The smallest absolute Gasteiger partial charge is 0.317 e. The Bertz CT molecular complexity index is 1230. The van der Waals surface area contributed by atoms with Crippen LogP contribution in [0.4, 0.5) is 0 Å². The molecule has 1 N–H and O–H groups in total. The predicted octanol–water partition coefficient (Wildman–Crippen LogP) is 5.73. The number of aliphatic hydroxyl groups is 1. The zero-order chi connectivity index (χ0) is 31.8. The Morgan fingerprint density at radius 1 is 0.977 bits per heavy atom. The van der Waals surface area contributed by atoms with Crippen LogP contribution in [0.2, 0.25) is 0 Å². The van der Waals surface area contributed by atoms with Gasteiger partial charge in [-0.3, -0.25) is 19.2 Å². The number of allylic oxidation sites excluding steroid dienone is 2. The number of carbonyl (C=O) groups is 4. The minimum absolute atomic E-state index is 0.0285. The Hall–Kier alpha value is -2.22. The van der Waals surface area contributed by atoms with Crippen LogP contribution in [0.15, 0.2) is 11.1 Å². The van der Waals surface area contributed by atoms with E-state index in [1.165, 1.54) is 7.11 Å². The van der Waals surface area contributed by atoms with Gasteiger partial charge in [-0.1, -0.05) is 52.7 Å². The molecular weight excluding hydrogens is 548 g/mol. The quantitative estimate of drug-likeness (QED) is 0.171. The molecule has 0 radical (unpaired) electrons. The molecule has 0 aromatic heterocycles. The largest absolute Gasteiger partial charge is 0.469 e. The van der Waals surface area contributed by atoms with Crippen LogP contribution in [0, 0.1) is 45.3 Å². The highest BCUT2D eigenvalue weighted by molar-refractivity contribution is 5.95. The number of fused-ring (bicyclic) bond motifs is 4. The topological polar surface area (TPSA) is 116 Å². The second-order valence-electron chi connectivity index (χ2n) is 15.8. The molecule has 3 fully saturated rings. The first-order chi connectivity index (χ1) is 20.0. The predicted molar refractivity (Wildman–Crippen MR) is 159 cm³/mol. The molecule has 5 aliphatic rings. The summed E-state index contributed by atoms with van der Waals surface area (Å²) in [5.41, 5.74) is 1.41. The molecule has 4 aliphatic carbocycles. The van der Waals surface area contributed by atoms with Crippen molar-refractivity contribution in [3.05, 3.63) is 11.1 Å². The van der Waals surface area contributed by atoms with Crippen LogP contribution in [0.3, 0.4) is 0 Å². The molecule has 8 heteroatoms. The number of hydrogen-bond acceptors (Lipinski definition) is 8. The second-order valence-corrected chi connectivity index (χ2v) is 15.8. The number of rotatable bonds is 7. The van der Waals surface area contributed by atoms with Crippen molar-refractivity contribution in [2.45, 2.75) is 124 Å². The van der Waals surface area contributed by atoms with E-state index in [-0.39, 0.29) is 58.9 Å². The summed E-state index contributed by atoms with van der Waals surface area (Å²) in [6.07, 6.45) is 7.70. The highest BCUT2D eigenvalue weighted by atomic mass is 16.6. The average Bonchev–Trinajstić information content (AvgIpc) is 3.38. The monoisotopic (exact) mass is 600 g/mol. The van der Waals surface area contributed by atoms with Gasteiger partial charge in [0.1, 0.15) is 19.1 Å². The van der Waals surface area contributed by atoms with E-state index in [4.69, 9.17) is 9.47 Å². The fourth-order valence-electron chi connectivity index (χ4n) is 10.8. The van der Waals surface area contributed by atoms with E-state index in [2.05, 4.69) is 46.3 Å². The summed E-state index contributed by atoms with van der Waals surface area (Å²) in [6, 6.07) is 0. The first-order valence-corrected chi connectivity index (χ1v) is 16.4. The lowest BCUT2D eigenvalue weighted by atomic mass is 9.43. The summed E-state index contributed by atoms with van der Waals surface area (Å²) in [4.78, 5) is 49.5. The number of ether oxygens (including phenoxy) is 3.